The van der Waals surface area contributed by atoms with Crippen LogP contribution in [0.4, 0.5) is 0 Å². The first-order valence-corrected chi connectivity index (χ1v) is 9.73. The van der Waals surface area contributed by atoms with E-state index in [0.717, 1.165) is 0 Å². The van der Waals surface area contributed by atoms with E-state index in [9.17, 15) is 0 Å². The Balaban J connectivity index is 0. The summed E-state index contributed by atoms with van der Waals surface area (Å²) in [6.45, 7) is 9.43. The molecule has 114 valence electrons. The van der Waals surface area contributed by atoms with Gasteiger partial charge in [0, 0.05) is 7.26 Å². The molecule has 0 rings (SSSR count). The molecule has 0 radical (unpaired) electrons. The average molecular weight is 293 g/mol. The molecule has 0 aliphatic carbocycles. The van der Waals surface area contributed by atoms with Crippen LogP contribution in [0.1, 0.15) is 53.4 Å². The minimum atomic E-state index is -1.82. The first-order chi connectivity index (χ1) is 8.89. The molecule has 0 saturated carbocycles. The number of carboxylic acids is 2. The van der Waals surface area contributed by atoms with E-state index in [4.69, 9.17) is 19.8 Å². The lowest BCUT2D eigenvalue weighted by atomic mass is 10.5. The van der Waals surface area contributed by atoms with Crippen molar-refractivity contribution in [2.45, 2.75) is 53.4 Å². The lowest BCUT2D eigenvalue weighted by Gasteiger charge is -2.26. The van der Waals surface area contributed by atoms with Crippen LogP contribution in [0.3, 0.4) is 0 Å². The summed E-state index contributed by atoms with van der Waals surface area (Å²) in [6, 6.07) is 0. The summed E-state index contributed by atoms with van der Waals surface area (Å²) in [7, 11) is -0.496. The van der Waals surface area contributed by atoms with Crippen molar-refractivity contribution >= 4 is 19.2 Å². The highest BCUT2D eigenvalue weighted by Gasteiger charge is 2.32. The molecule has 0 aliphatic heterocycles. The maximum atomic E-state index is 9.10. The molecule has 0 aliphatic rings. The van der Waals surface area contributed by atoms with Gasteiger partial charge in [-0.15, -0.1) is 0 Å². The molecular formula is C14H30O4P+. The molecular weight excluding hydrogens is 263 g/mol. The monoisotopic (exact) mass is 293 g/mol. The third-order valence-electron chi connectivity index (χ3n) is 2.97. The fraction of sp³-hybridized carbons (Fsp3) is 0.857. The number of hydrogen-bond acceptors (Lipinski definition) is 2. The van der Waals surface area contributed by atoms with E-state index in [1.165, 1.54) is 25.7 Å². The van der Waals surface area contributed by atoms with E-state index in [0.29, 0.717) is 0 Å². The summed E-state index contributed by atoms with van der Waals surface area (Å²) < 4.78 is 0. The maximum absolute atomic E-state index is 9.10. The second kappa shape index (κ2) is 12.4. The number of aliphatic carboxylic acids is 2. The van der Waals surface area contributed by atoms with Crippen molar-refractivity contribution < 1.29 is 19.8 Å². The van der Waals surface area contributed by atoms with Gasteiger partial charge < -0.3 is 10.2 Å². The molecule has 0 aromatic heterocycles. The zero-order valence-corrected chi connectivity index (χ0v) is 13.7. The largest absolute Gasteiger partial charge is 0.473 e. The van der Waals surface area contributed by atoms with Gasteiger partial charge in [-0.3, -0.25) is 0 Å². The molecule has 19 heavy (non-hydrogen) atoms. The fourth-order valence-corrected chi connectivity index (χ4v) is 7.70. The molecule has 0 amide bonds. The topological polar surface area (TPSA) is 74.6 Å². The Morgan fingerprint density at radius 2 is 0.895 bits per heavy atom. The van der Waals surface area contributed by atoms with Crippen molar-refractivity contribution in [3.05, 3.63) is 0 Å². The van der Waals surface area contributed by atoms with Crippen molar-refractivity contribution in [2.24, 2.45) is 0 Å². The van der Waals surface area contributed by atoms with E-state index in [1.54, 1.807) is 24.6 Å². The number of rotatable bonds is 8. The van der Waals surface area contributed by atoms with Crippen molar-refractivity contribution in [1.82, 2.24) is 0 Å². The van der Waals surface area contributed by atoms with E-state index in [2.05, 4.69) is 27.7 Å². The maximum Gasteiger partial charge on any atom is 0.414 e. The van der Waals surface area contributed by atoms with Gasteiger partial charge >= 0.3 is 11.9 Å². The van der Waals surface area contributed by atoms with E-state index < -0.39 is 19.2 Å². The van der Waals surface area contributed by atoms with Crippen LogP contribution in [-0.2, 0) is 9.59 Å². The van der Waals surface area contributed by atoms with Crippen molar-refractivity contribution in [1.29, 1.82) is 0 Å². The highest BCUT2D eigenvalue weighted by molar-refractivity contribution is 7.75. The standard InChI is InChI=1S/C12H28P.C2H2O4/c1-5-9-13(10-6-2,11-7-3)12-8-4;3-1(4)2(5)6/h5-12H2,1-4H3;(H,3,4)(H,5,6)/q+1;. The van der Waals surface area contributed by atoms with Crippen molar-refractivity contribution in [3.63, 3.8) is 0 Å². The zero-order chi connectivity index (χ0) is 15.3. The van der Waals surface area contributed by atoms with Crippen LogP contribution in [0.15, 0.2) is 0 Å². The molecule has 0 aromatic rings. The molecule has 4 nitrogen and oxygen atoms in total. The second-order valence-electron chi connectivity index (χ2n) is 4.85. The van der Waals surface area contributed by atoms with Crippen molar-refractivity contribution in [2.75, 3.05) is 24.6 Å². The molecule has 2 N–H and O–H groups in total. The smallest absolute Gasteiger partial charge is 0.414 e. The Morgan fingerprint density at radius 1 is 0.684 bits per heavy atom. The van der Waals surface area contributed by atoms with Gasteiger partial charge in [0.1, 0.15) is 0 Å². The van der Waals surface area contributed by atoms with Crippen LogP contribution < -0.4 is 0 Å². The third-order valence-corrected chi connectivity index (χ3v) is 8.56. The zero-order valence-electron chi connectivity index (χ0n) is 12.8. The summed E-state index contributed by atoms with van der Waals surface area (Å²) in [5.41, 5.74) is 0. The van der Waals surface area contributed by atoms with Crippen LogP contribution in [0.5, 0.6) is 0 Å². The van der Waals surface area contributed by atoms with E-state index in [1.807, 2.05) is 0 Å². The molecule has 0 saturated heterocycles. The van der Waals surface area contributed by atoms with Gasteiger partial charge in [0.2, 0.25) is 0 Å². The summed E-state index contributed by atoms with van der Waals surface area (Å²) in [5.74, 6) is -3.65. The molecule has 0 atom stereocenters. The van der Waals surface area contributed by atoms with Gasteiger partial charge in [-0.25, -0.2) is 9.59 Å². The number of carboxylic acid groups (broad SMARTS) is 2. The average Bonchev–Trinajstić information content (AvgIpc) is 2.31. The Bertz CT molecular complexity index is 212. The van der Waals surface area contributed by atoms with Gasteiger partial charge in [-0.2, -0.15) is 0 Å². The van der Waals surface area contributed by atoms with E-state index >= 15 is 0 Å². The quantitative estimate of drug-likeness (QED) is 0.527. The number of carbonyl (C=O) groups is 2. The first kappa shape index (κ1) is 20.7. The molecule has 0 heterocycles. The Hall–Kier alpha value is -0.630. The lowest BCUT2D eigenvalue weighted by Crippen LogP contribution is -2.10. The predicted octanol–water partition coefficient (Wildman–Crippen LogP) is 3.80. The van der Waals surface area contributed by atoms with Gasteiger partial charge in [-0.05, 0) is 25.7 Å². The van der Waals surface area contributed by atoms with E-state index in [-0.39, 0.29) is 0 Å². The highest BCUT2D eigenvalue weighted by atomic mass is 31.2. The fourth-order valence-electron chi connectivity index (χ4n) is 2.57. The predicted molar refractivity (Wildman–Crippen MR) is 82.8 cm³/mol. The van der Waals surface area contributed by atoms with Gasteiger partial charge in [0.15, 0.2) is 0 Å². The second-order valence-corrected chi connectivity index (χ2v) is 9.32. The van der Waals surface area contributed by atoms with Gasteiger partial charge in [-0.1, -0.05) is 27.7 Å². The first-order valence-electron chi connectivity index (χ1n) is 7.20. The molecule has 0 fully saturated rings. The summed E-state index contributed by atoms with van der Waals surface area (Å²) in [6.07, 6.45) is 11.9. The van der Waals surface area contributed by atoms with Gasteiger partial charge in [0.05, 0.1) is 24.6 Å². The van der Waals surface area contributed by atoms with Crippen LogP contribution in [0.25, 0.3) is 0 Å². The van der Waals surface area contributed by atoms with Crippen LogP contribution >= 0.6 is 7.26 Å². The van der Waals surface area contributed by atoms with Gasteiger partial charge in [0.25, 0.3) is 0 Å². The molecule has 0 spiro atoms. The number of hydrogen-bond donors (Lipinski definition) is 2. The third kappa shape index (κ3) is 10.9. The minimum absolute atomic E-state index is 0.496. The summed E-state index contributed by atoms with van der Waals surface area (Å²) in [5, 5.41) is 14.8. The molecule has 0 aromatic carbocycles. The minimum Gasteiger partial charge on any atom is -0.473 e. The Morgan fingerprint density at radius 3 is 1.00 bits per heavy atom. The van der Waals surface area contributed by atoms with Crippen LogP contribution in [0, 0.1) is 0 Å². The summed E-state index contributed by atoms with van der Waals surface area (Å²) in [4.78, 5) is 18.2. The van der Waals surface area contributed by atoms with Crippen LogP contribution in [-0.4, -0.2) is 46.8 Å². The SMILES string of the molecule is CCC[P+](CCC)(CCC)CCC.O=C(O)C(=O)O. The summed E-state index contributed by atoms with van der Waals surface area (Å²) >= 11 is 0. The Kier molecular flexibility index (Phi) is 13.5. The molecule has 5 heteroatoms. The molecule has 0 unspecified atom stereocenters. The highest BCUT2D eigenvalue weighted by Crippen LogP contribution is 2.60. The lowest BCUT2D eigenvalue weighted by molar-refractivity contribution is -0.159. The normalized spacial score (nSPS) is 10.5. The molecule has 0 bridgehead atoms. The van der Waals surface area contributed by atoms with Crippen LogP contribution in [0.2, 0.25) is 0 Å². The Labute approximate surface area is 117 Å². The van der Waals surface area contributed by atoms with Crippen molar-refractivity contribution in [3.8, 4) is 0 Å².